The van der Waals surface area contributed by atoms with Gasteiger partial charge in [-0.05, 0) is 29.7 Å². The van der Waals surface area contributed by atoms with Crippen molar-refractivity contribution in [2.24, 2.45) is 0 Å². The van der Waals surface area contributed by atoms with E-state index < -0.39 is 6.10 Å². The Morgan fingerprint density at radius 2 is 1.88 bits per heavy atom. The quantitative estimate of drug-likeness (QED) is 0.472. The third-order valence-electron chi connectivity index (χ3n) is 3.80. The molecule has 0 heterocycles. The van der Waals surface area contributed by atoms with E-state index in [4.69, 9.17) is 16.3 Å². The van der Waals surface area contributed by atoms with Crippen molar-refractivity contribution in [3.63, 3.8) is 0 Å². The van der Waals surface area contributed by atoms with Gasteiger partial charge in [-0.1, -0.05) is 56.2 Å². The number of aliphatic hydroxyl groups is 1. The Balaban J connectivity index is 2.15. The molecule has 2 rings (SSSR count). The van der Waals surface area contributed by atoms with Gasteiger partial charge in [0, 0.05) is 6.54 Å². The minimum Gasteiger partial charge on any atom is -0.491 e. The standard InChI is InChI=1S/C20H26ClNO2/c1-2-3-7-12-24-20-11-10-17(16-8-5-4-6-9-16)13-19(20)22-15-18(23)14-21/h4-6,8-11,13,18,22-23H,2-3,7,12,14-15H2,1H3. The van der Waals surface area contributed by atoms with Crippen molar-refractivity contribution in [2.75, 3.05) is 24.3 Å². The average Bonchev–Trinajstić information content (AvgIpc) is 2.64. The molecule has 4 heteroatoms. The van der Waals surface area contributed by atoms with Crippen molar-refractivity contribution in [2.45, 2.75) is 32.3 Å². The molecule has 0 spiro atoms. The summed E-state index contributed by atoms with van der Waals surface area (Å²) >= 11 is 5.68. The maximum absolute atomic E-state index is 9.71. The van der Waals surface area contributed by atoms with E-state index in [-0.39, 0.29) is 5.88 Å². The molecule has 0 amide bonds. The Hall–Kier alpha value is -1.71. The van der Waals surface area contributed by atoms with Crippen LogP contribution in [0.3, 0.4) is 0 Å². The lowest BCUT2D eigenvalue weighted by Crippen LogP contribution is -2.21. The zero-order valence-corrected chi connectivity index (χ0v) is 14.9. The topological polar surface area (TPSA) is 41.5 Å². The normalized spacial score (nSPS) is 12.0. The summed E-state index contributed by atoms with van der Waals surface area (Å²) in [4.78, 5) is 0. The number of ether oxygens (including phenoxy) is 1. The van der Waals surface area contributed by atoms with Gasteiger partial charge in [0.1, 0.15) is 5.75 Å². The molecule has 0 aliphatic carbocycles. The van der Waals surface area contributed by atoms with E-state index >= 15 is 0 Å². The fraction of sp³-hybridized carbons (Fsp3) is 0.400. The molecule has 0 radical (unpaired) electrons. The molecule has 1 unspecified atom stereocenters. The molecular weight excluding hydrogens is 322 g/mol. The number of unbranched alkanes of at least 4 members (excludes halogenated alkanes) is 2. The summed E-state index contributed by atoms with van der Waals surface area (Å²) in [7, 11) is 0. The highest BCUT2D eigenvalue weighted by atomic mass is 35.5. The van der Waals surface area contributed by atoms with Crippen LogP contribution in [0.1, 0.15) is 26.2 Å². The zero-order valence-electron chi connectivity index (χ0n) is 14.2. The van der Waals surface area contributed by atoms with Gasteiger partial charge < -0.3 is 15.2 Å². The number of nitrogens with one attached hydrogen (secondary N) is 1. The molecule has 2 aromatic carbocycles. The molecule has 0 saturated carbocycles. The number of hydrogen-bond acceptors (Lipinski definition) is 3. The van der Waals surface area contributed by atoms with Crippen LogP contribution in [0.15, 0.2) is 48.5 Å². The second-order valence-corrected chi connectivity index (χ2v) is 6.13. The maximum Gasteiger partial charge on any atom is 0.142 e. The zero-order chi connectivity index (χ0) is 17.2. The highest BCUT2D eigenvalue weighted by molar-refractivity contribution is 6.18. The molecule has 2 N–H and O–H groups in total. The lowest BCUT2D eigenvalue weighted by atomic mass is 10.0. The predicted octanol–water partition coefficient (Wildman–Crippen LogP) is 4.93. The summed E-state index contributed by atoms with van der Waals surface area (Å²) in [6, 6.07) is 16.3. The summed E-state index contributed by atoms with van der Waals surface area (Å²) in [5, 5.41) is 13.0. The molecule has 0 saturated heterocycles. The van der Waals surface area contributed by atoms with E-state index in [9.17, 15) is 5.11 Å². The lowest BCUT2D eigenvalue weighted by molar-refractivity contribution is 0.211. The average molecular weight is 348 g/mol. The van der Waals surface area contributed by atoms with E-state index in [1.54, 1.807) is 0 Å². The Bertz CT molecular complexity index is 604. The van der Waals surface area contributed by atoms with Crippen molar-refractivity contribution >= 4 is 17.3 Å². The van der Waals surface area contributed by atoms with E-state index in [1.807, 2.05) is 24.3 Å². The third-order valence-corrected chi connectivity index (χ3v) is 4.15. The molecular formula is C20H26ClNO2. The molecule has 1 atom stereocenters. The summed E-state index contributed by atoms with van der Waals surface area (Å²) in [6.45, 7) is 3.27. The minimum absolute atomic E-state index is 0.206. The number of rotatable bonds is 10. The number of alkyl halides is 1. The van der Waals surface area contributed by atoms with Crippen LogP contribution in [-0.2, 0) is 0 Å². The third kappa shape index (κ3) is 5.73. The molecule has 3 nitrogen and oxygen atoms in total. The highest BCUT2D eigenvalue weighted by Gasteiger charge is 2.09. The van der Waals surface area contributed by atoms with Crippen molar-refractivity contribution in [1.29, 1.82) is 0 Å². The van der Waals surface area contributed by atoms with E-state index in [0.29, 0.717) is 13.2 Å². The van der Waals surface area contributed by atoms with E-state index in [0.717, 1.165) is 35.4 Å². The Kier molecular flexibility index (Phi) is 7.93. The first kappa shape index (κ1) is 18.6. The Morgan fingerprint density at radius 1 is 1.08 bits per heavy atom. The van der Waals surface area contributed by atoms with Gasteiger partial charge in [-0.15, -0.1) is 11.6 Å². The van der Waals surface area contributed by atoms with Gasteiger partial charge >= 0.3 is 0 Å². The van der Waals surface area contributed by atoms with Crippen LogP contribution in [-0.4, -0.2) is 30.2 Å². The highest BCUT2D eigenvalue weighted by Crippen LogP contribution is 2.31. The largest absolute Gasteiger partial charge is 0.491 e. The number of anilines is 1. The molecule has 0 fully saturated rings. The van der Waals surface area contributed by atoms with E-state index in [1.165, 1.54) is 6.42 Å². The fourth-order valence-electron chi connectivity index (χ4n) is 2.42. The summed E-state index contributed by atoms with van der Waals surface area (Å²) in [5.41, 5.74) is 3.15. The van der Waals surface area contributed by atoms with Gasteiger partial charge in [-0.25, -0.2) is 0 Å². The Morgan fingerprint density at radius 3 is 2.58 bits per heavy atom. The van der Waals surface area contributed by atoms with Gasteiger partial charge in [0.2, 0.25) is 0 Å². The minimum atomic E-state index is -0.583. The first-order valence-corrected chi connectivity index (χ1v) is 9.08. The number of hydrogen-bond donors (Lipinski definition) is 2. The van der Waals surface area contributed by atoms with Crippen molar-refractivity contribution < 1.29 is 9.84 Å². The van der Waals surface area contributed by atoms with Gasteiger partial charge in [0.25, 0.3) is 0 Å². The van der Waals surface area contributed by atoms with Crippen LogP contribution in [0.2, 0.25) is 0 Å². The molecule has 24 heavy (non-hydrogen) atoms. The van der Waals surface area contributed by atoms with Gasteiger partial charge in [-0.3, -0.25) is 0 Å². The lowest BCUT2D eigenvalue weighted by Gasteiger charge is -2.16. The number of aliphatic hydroxyl groups excluding tert-OH is 1. The first-order valence-electron chi connectivity index (χ1n) is 8.54. The van der Waals surface area contributed by atoms with Gasteiger partial charge in [0.15, 0.2) is 0 Å². The maximum atomic E-state index is 9.71. The van der Waals surface area contributed by atoms with Crippen LogP contribution < -0.4 is 10.1 Å². The van der Waals surface area contributed by atoms with Crippen LogP contribution in [0.25, 0.3) is 11.1 Å². The monoisotopic (exact) mass is 347 g/mol. The van der Waals surface area contributed by atoms with Crippen LogP contribution in [0.5, 0.6) is 5.75 Å². The van der Waals surface area contributed by atoms with Crippen molar-refractivity contribution in [3.8, 4) is 16.9 Å². The van der Waals surface area contributed by atoms with Gasteiger partial charge in [0.05, 0.1) is 24.3 Å². The SMILES string of the molecule is CCCCCOc1ccc(-c2ccccc2)cc1NCC(O)CCl. The van der Waals surface area contributed by atoms with Crippen LogP contribution in [0, 0.1) is 0 Å². The smallest absolute Gasteiger partial charge is 0.142 e. The van der Waals surface area contributed by atoms with Crippen molar-refractivity contribution in [1.82, 2.24) is 0 Å². The molecule has 2 aromatic rings. The van der Waals surface area contributed by atoms with Crippen LogP contribution >= 0.6 is 11.6 Å². The molecule has 130 valence electrons. The second-order valence-electron chi connectivity index (χ2n) is 5.82. The van der Waals surface area contributed by atoms with E-state index in [2.05, 4.69) is 36.5 Å². The molecule has 0 aliphatic heterocycles. The summed E-state index contributed by atoms with van der Waals surface area (Å²) < 4.78 is 5.92. The molecule has 0 aliphatic rings. The fourth-order valence-corrected chi connectivity index (χ4v) is 2.53. The summed E-state index contributed by atoms with van der Waals surface area (Å²) in [6.07, 6.45) is 2.79. The molecule has 0 aromatic heterocycles. The predicted molar refractivity (Wildman–Crippen MR) is 102 cm³/mol. The molecule has 0 bridgehead atoms. The second kappa shape index (κ2) is 10.2. The van der Waals surface area contributed by atoms with Gasteiger partial charge in [-0.2, -0.15) is 0 Å². The number of halogens is 1. The number of benzene rings is 2. The van der Waals surface area contributed by atoms with Crippen molar-refractivity contribution in [3.05, 3.63) is 48.5 Å². The Labute approximate surface area is 149 Å². The summed E-state index contributed by atoms with van der Waals surface area (Å²) in [5.74, 6) is 1.02. The first-order chi connectivity index (χ1) is 11.7. The van der Waals surface area contributed by atoms with Crippen LogP contribution in [0.4, 0.5) is 5.69 Å².